The lowest BCUT2D eigenvalue weighted by Gasteiger charge is -2.39. The smallest absolute Gasteiger partial charge is 0.249 e. The van der Waals surface area contributed by atoms with Crippen LogP contribution in [-0.4, -0.2) is 69.1 Å². The first-order valence-electron chi connectivity index (χ1n) is 12.1. The molecule has 1 spiro atoms. The Morgan fingerprint density at radius 2 is 1.58 bits per heavy atom. The largest absolute Gasteiger partial charge is 0.496 e. The van der Waals surface area contributed by atoms with Gasteiger partial charge in [0, 0.05) is 49.5 Å². The first kappa shape index (κ1) is 25.8. The molecule has 1 aromatic carbocycles. The molecule has 0 radical (unpaired) electrons. The van der Waals surface area contributed by atoms with Crippen molar-refractivity contribution in [1.82, 2.24) is 9.80 Å². The van der Waals surface area contributed by atoms with Gasteiger partial charge in [0.2, 0.25) is 11.8 Å². The number of amides is 2. The molecule has 36 heavy (non-hydrogen) atoms. The van der Waals surface area contributed by atoms with Crippen molar-refractivity contribution in [3.8, 4) is 17.2 Å². The molecule has 2 amide bonds. The molecule has 2 aliphatic rings. The minimum atomic E-state index is 0.0286. The summed E-state index contributed by atoms with van der Waals surface area (Å²) >= 11 is 1.62. The number of carbonyl (C=O) groups excluding carboxylic acids is 2. The molecule has 3 heterocycles. The van der Waals surface area contributed by atoms with E-state index in [0.717, 1.165) is 56.6 Å². The van der Waals surface area contributed by atoms with Crippen molar-refractivity contribution in [3.63, 3.8) is 0 Å². The summed E-state index contributed by atoms with van der Waals surface area (Å²) in [5, 5.41) is 4.03. The SMILES string of the molecule is COc1cc(OC)c(OC)cc1/C=C(\C)C(=O)N1CCC2(CCN(C(=O)/C=C/c3ccsc3)CC2)C1. The molecule has 2 aromatic rings. The standard InChI is InChI=1S/C28H34N2O5S/c1-20(15-22-16-24(34-3)25(35-4)17-23(22)33-2)27(32)30-13-10-28(19-30)8-11-29(12-9-28)26(31)6-5-21-7-14-36-18-21/h5-7,14-18H,8-13,19H2,1-4H3/b6-5+,20-15+. The van der Waals surface area contributed by atoms with E-state index in [9.17, 15) is 9.59 Å². The Labute approximate surface area is 216 Å². The second-order valence-electron chi connectivity index (χ2n) is 9.47. The van der Waals surface area contributed by atoms with Crippen molar-refractivity contribution in [2.75, 3.05) is 47.5 Å². The van der Waals surface area contributed by atoms with Crippen LogP contribution in [0.5, 0.6) is 17.2 Å². The van der Waals surface area contributed by atoms with Crippen LogP contribution < -0.4 is 14.2 Å². The van der Waals surface area contributed by atoms with Gasteiger partial charge < -0.3 is 24.0 Å². The van der Waals surface area contributed by atoms with E-state index in [1.807, 2.05) is 51.8 Å². The molecule has 2 fully saturated rings. The van der Waals surface area contributed by atoms with Crippen LogP contribution >= 0.6 is 11.3 Å². The van der Waals surface area contributed by atoms with Crippen LogP contribution in [0, 0.1) is 5.41 Å². The number of carbonyl (C=O) groups is 2. The molecule has 0 N–H and O–H groups in total. The van der Waals surface area contributed by atoms with Crippen LogP contribution in [0.4, 0.5) is 0 Å². The number of hydrogen-bond donors (Lipinski definition) is 0. The molecule has 0 unspecified atom stereocenters. The van der Waals surface area contributed by atoms with E-state index in [-0.39, 0.29) is 17.2 Å². The maximum absolute atomic E-state index is 13.3. The normalized spacial score (nSPS) is 17.6. The van der Waals surface area contributed by atoms with Crippen molar-refractivity contribution in [3.05, 3.63) is 51.7 Å². The van der Waals surface area contributed by atoms with Gasteiger partial charge in [0.05, 0.1) is 21.3 Å². The zero-order valence-electron chi connectivity index (χ0n) is 21.4. The molecule has 0 saturated carbocycles. The summed E-state index contributed by atoms with van der Waals surface area (Å²) in [6.07, 6.45) is 8.19. The van der Waals surface area contributed by atoms with E-state index in [2.05, 4.69) is 0 Å². The van der Waals surface area contributed by atoms with Crippen molar-refractivity contribution >= 4 is 35.3 Å². The molecular weight excluding hydrogens is 476 g/mol. The van der Waals surface area contributed by atoms with Gasteiger partial charge in [-0.3, -0.25) is 9.59 Å². The van der Waals surface area contributed by atoms with Gasteiger partial charge in [0.15, 0.2) is 11.5 Å². The topological polar surface area (TPSA) is 68.3 Å². The van der Waals surface area contributed by atoms with Crippen LogP contribution in [0.3, 0.4) is 0 Å². The predicted octanol–water partition coefficient (Wildman–Crippen LogP) is 4.73. The van der Waals surface area contributed by atoms with Gasteiger partial charge in [0.25, 0.3) is 0 Å². The molecular formula is C28H34N2O5S. The summed E-state index contributed by atoms with van der Waals surface area (Å²) < 4.78 is 16.3. The number of methoxy groups -OCH3 is 3. The number of hydrogen-bond acceptors (Lipinski definition) is 6. The molecule has 2 saturated heterocycles. The second-order valence-corrected chi connectivity index (χ2v) is 10.2. The number of thiophene rings is 1. The molecule has 0 atom stereocenters. The van der Waals surface area contributed by atoms with E-state index in [1.165, 1.54) is 0 Å². The zero-order chi connectivity index (χ0) is 25.7. The molecule has 7 nitrogen and oxygen atoms in total. The summed E-state index contributed by atoms with van der Waals surface area (Å²) in [4.78, 5) is 29.8. The number of likely N-dealkylation sites (tertiary alicyclic amines) is 2. The molecule has 0 aliphatic carbocycles. The highest BCUT2D eigenvalue weighted by molar-refractivity contribution is 7.08. The Kier molecular flexibility index (Phi) is 8.04. The second kappa shape index (κ2) is 11.2. The Balaban J connectivity index is 1.38. The highest BCUT2D eigenvalue weighted by Gasteiger charge is 2.42. The quantitative estimate of drug-likeness (QED) is 0.504. The van der Waals surface area contributed by atoms with Crippen LogP contribution in [0.15, 0.2) is 40.6 Å². The maximum atomic E-state index is 13.3. The van der Waals surface area contributed by atoms with Gasteiger partial charge in [-0.15, -0.1) is 0 Å². The van der Waals surface area contributed by atoms with Crippen molar-refractivity contribution in [1.29, 1.82) is 0 Å². The Bertz CT molecular complexity index is 1150. The van der Waals surface area contributed by atoms with Crippen molar-refractivity contribution in [2.24, 2.45) is 5.41 Å². The summed E-state index contributed by atoms with van der Waals surface area (Å²) in [5.41, 5.74) is 2.55. The number of nitrogens with zero attached hydrogens (tertiary/aromatic N) is 2. The molecule has 8 heteroatoms. The first-order chi connectivity index (χ1) is 17.4. The predicted molar refractivity (Wildman–Crippen MR) is 143 cm³/mol. The lowest BCUT2D eigenvalue weighted by molar-refractivity contribution is -0.129. The van der Waals surface area contributed by atoms with E-state index in [4.69, 9.17) is 14.2 Å². The Morgan fingerprint density at radius 1 is 0.944 bits per heavy atom. The first-order valence-corrected chi connectivity index (χ1v) is 13.1. The third-order valence-electron chi connectivity index (χ3n) is 7.27. The molecule has 192 valence electrons. The van der Waals surface area contributed by atoms with E-state index in [1.54, 1.807) is 44.8 Å². The van der Waals surface area contributed by atoms with Crippen molar-refractivity contribution in [2.45, 2.75) is 26.2 Å². The molecule has 0 bridgehead atoms. The van der Waals surface area contributed by atoms with E-state index in [0.29, 0.717) is 22.8 Å². The van der Waals surface area contributed by atoms with Crippen molar-refractivity contribution < 1.29 is 23.8 Å². The third kappa shape index (κ3) is 5.59. The lowest BCUT2D eigenvalue weighted by atomic mass is 9.77. The lowest BCUT2D eigenvalue weighted by Crippen LogP contribution is -2.44. The van der Waals surface area contributed by atoms with Crippen LogP contribution in [-0.2, 0) is 9.59 Å². The number of rotatable bonds is 7. The summed E-state index contributed by atoms with van der Waals surface area (Å²) in [6, 6.07) is 5.58. The molecule has 2 aliphatic heterocycles. The minimum absolute atomic E-state index is 0.0286. The fourth-order valence-electron chi connectivity index (χ4n) is 5.07. The summed E-state index contributed by atoms with van der Waals surface area (Å²) in [7, 11) is 4.75. The monoisotopic (exact) mass is 510 g/mol. The van der Waals surface area contributed by atoms with Gasteiger partial charge in [-0.2, -0.15) is 11.3 Å². The van der Waals surface area contributed by atoms with Crippen LogP contribution in [0.25, 0.3) is 12.2 Å². The van der Waals surface area contributed by atoms with Crippen LogP contribution in [0.2, 0.25) is 0 Å². The van der Waals surface area contributed by atoms with Gasteiger partial charge in [-0.05, 0) is 72.2 Å². The highest BCUT2D eigenvalue weighted by Crippen LogP contribution is 2.41. The Hall–Kier alpha value is -3.26. The van der Waals surface area contributed by atoms with Crippen LogP contribution in [0.1, 0.15) is 37.3 Å². The summed E-state index contributed by atoms with van der Waals surface area (Å²) in [5.74, 6) is 1.86. The van der Waals surface area contributed by atoms with Gasteiger partial charge in [-0.25, -0.2) is 0 Å². The third-order valence-corrected chi connectivity index (χ3v) is 7.97. The van der Waals surface area contributed by atoms with Gasteiger partial charge >= 0.3 is 0 Å². The number of piperidine rings is 1. The average molecular weight is 511 g/mol. The van der Waals surface area contributed by atoms with E-state index < -0.39 is 0 Å². The number of benzene rings is 1. The highest BCUT2D eigenvalue weighted by atomic mass is 32.1. The van der Waals surface area contributed by atoms with Gasteiger partial charge in [-0.1, -0.05) is 0 Å². The Morgan fingerprint density at radius 3 is 2.19 bits per heavy atom. The average Bonchev–Trinajstić information content (AvgIpc) is 3.57. The molecule has 4 rings (SSSR count). The molecule has 1 aromatic heterocycles. The fraction of sp³-hybridized carbons (Fsp3) is 0.429. The number of ether oxygens (including phenoxy) is 3. The van der Waals surface area contributed by atoms with Gasteiger partial charge in [0.1, 0.15) is 5.75 Å². The maximum Gasteiger partial charge on any atom is 0.249 e. The fourth-order valence-corrected chi connectivity index (χ4v) is 5.70. The van der Waals surface area contributed by atoms with E-state index >= 15 is 0 Å². The zero-order valence-corrected chi connectivity index (χ0v) is 22.2. The summed E-state index contributed by atoms with van der Waals surface area (Å²) in [6.45, 7) is 4.76. The minimum Gasteiger partial charge on any atom is -0.496 e.